The van der Waals surface area contributed by atoms with Crippen molar-refractivity contribution in [3.63, 3.8) is 0 Å². The monoisotopic (exact) mass is 581 g/mol. The summed E-state index contributed by atoms with van der Waals surface area (Å²) in [4.78, 5) is 82.6. The fourth-order valence-electron chi connectivity index (χ4n) is 6.36. The lowest BCUT2D eigenvalue weighted by Gasteiger charge is -2.48. The van der Waals surface area contributed by atoms with Crippen LogP contribution in [-0.2, 0) is 25.7 Å². The van der Waals surface area contributed by atoms with Crippen LogP contribution in [-0.4, -0.2) is 62.1 Å². The zero-order valence-corrected chi connectivity index (χ0v) is 24.0. The number of aromatic nitrogens is 3. The number of nitrogens with one attached hydrogen (secondary N) is 5. The lowest BCUT2D eigenvalue weighted by atomic mass is 9.64. The fraction of sp³-hybridized carbons (Fsp3) is 0.552. The first-order valence-corrected chi connectivity index (χ1v) is 14.5. The molecule has 226 valence electrons. The number of H-pyrrole nitrogens is 1. The lowest BCUT2D eigenvalue weighted by Crippen LogP contribution is -2.55. The highest BCUT2D eigenvalue weighted by Crippen LogP contribution is 2.45. The van der Waals surface area contributed by atoms with Crippen LogP contribution in [0.15, 0.2) is 35.6 Å². The summed E-state index contributed by atoms with van der Waals surface area (Å²) in [6, 6.07) is 1.69. The van der Waals surface area contributed by atoms with Gasteiger partial charge in [-0.05, 0) is 63.0 Å². The first kappa shape index (κ1) is 30.7. The maximum atomic E-state index is 13.2. The highest BCUT2D eigenvalue weighted by atomic mass is 16.2. The molecule has 0 aromatic carbocycles. The number of ketones is 1. The molecule has 2 aliphatic rings. The zero-order chi connectivity index (χ0) is 30.3. The molecule has 13 heteroatoms. The van der Waals surface area contributed by atoms with E-state index in [0.29, 0.717) is 11.8 Å². The number of amides is 4. The molecule has 4 atom stereocenters. The van der Waals surface area contributed by atoms with Crippen LogP contribution in [0.2, 0.25) is 0 Å². The van der Waals surface area contributed by atoms with E-state index >= 15 is 0 Å². The molecule has 2 bridgehead atoms. The van der Waals surface area contributed by atoms with Gasteiger partial charge in [0.1, 0.15) is 24.0 Å². The van der Waals surface area contributed by atoms with E-state index in [1.807, 2.05) is 0 Å². The minimum atomic E-state index is -1.25. The number of anilines is 1. The second-order valence-corrected chi connectivity index (χ2v) is 11.5. The lowest BCUT2D eigenvalue weighted by molar-refractivity contribution is -0.138. The summed E-state index contributed by atoms with van der Waals surface area (Å²) in [6.07, 6.45) is 9.81. The van der Waals surface area contributed by atoms with Crippen molar-refractivity contribution in [1.29, 1.82) is 0 Å². The second-order valence-electron chi connectivity index (χ2n) is 11.5. The molecule has 4 unspecified atom stereocenters. The normalized spacial score (nSPS) is 22.0. The molecule has 5 N–H and O–H groups in total. The summed E-state index contributed by atoms with van der Waals surface area (Å²) in [5.74, 6) is -2.05. The molecule has 0 aliphatic heterocycles. The summed E-state index contributed by atoms with van der Waals surface area (Å²) < 4.78 is 1.23. The van der Waals surface area contributed by atoms with Crippen molar-refractivity contribution in [1.82, 2.24) is 30.5 Å². The van der Waals surface area contributed by atoms with E-state index in [1.54, 1.807) is 13.0 Å². The Labute approximate surface area is 243 Å². The quantitative estimate of drug-likeness (QED) is 0.234. The first-order valence-electron chi connectivity index (χ1n) is 14.5. The number of Topliss-reactive ketones (excluding diaryl/α,β-unsaturated/α-hetero) is 1. The van der Waals surface area contributed by atoms with Gasteiger partial charge in [0.25, 0.3) is 17.4 Å². The van der Waals surface area contributed by atoms with Gasteiger partial charge in [-0.2, -0.15) is 0 Å². The fourth-order valence-corrected chi connectivity index (χ4v) is 6.36. The summed E-state index contributed by atoms with van der Waals surface area (Å²) in [7, 11) is 0. The predicted molar refractivity (Wildman–Crippen MR) is 153 cm³/mol. The van der Waals surface area contributed by atoms with E-state index in [4.69, 9.17) is 0 Å². The predicted octanol–water partition coefficient (Wildman–Crippen LogP) is 1.27. The maximum absolute atomic E-state index is 13.2. The SMILES string of the molecule is CCNC(=O)C(=O)CCC(NC(=O)c1cnc[nH]1)C(=O)Nc1cccn(CC(=O)NC23CCCC(CC(C)C2)C3)c1=O. The van der Waals surface area contributed by atoms with Gasteiger partial charge in [-0.25, -0.2) is 4.98 Å². The third kappa shape index (κ3) is 7.71. The summed E-state index contributed by atoms with van der Waals surface area (Å²) >= 11 is 0. The van der Waals surface area contributed by atoms with Crippen LogP contribution in [0, 0.1) is 11.8 Å². The topological polar surface area (TPSA) is 184 Å². The maximum Gasteiger partial charge on any atom is 0.287 e. The molecular weight excluding hydrogens is 542 g/mol. The summed E-state index contributed by atoms with van der Waals surface area (Å²) in [6.45, 7) is 3.95. The van der Waals surface area contributed by atoms with Crippen LogP contribution < -0.4 is 26.8 Å². The average Bonchev–Trinajstić information content (AvgIpc) is 3.48. The van der Waals surface area contributed by atoms with Gasteiger partial charge in [-0.3, -0.25) is 28.8 Å². The van der Waals surface area contributed by atoms with Crippen molar-refractivity contribution in [3.8, 4) is 0 Å². The van der Waals surface area contributed by atoms with Crippen molar-refractivity contribution < 1.29 is 24.0 Å². The molecule has 0 spiro atoms. The van der Waals surface area contributed by atoms with Crippen LogP contribution in [0.4, 0.5) is 5.69 Å². The number of hydrogen-bond donors (Lipinski definition) is 5. The van der Waals surface area contributed by atoms with E-state index < -0.39 is 35.1 Å². The smallest absolute Gasteiger partial charge is 0.287 e. The van der Waals surface area contributed by atoms with Crippen LogP contribution in [0.5, 0.6) is 0 Å². The first-order chi connectivity index (χ1) is 20.1. The molecule has 2 fully saturated rings. The van der Waals surface area contributed by atoms with Crippen molar-refractivity contribution in [2.24, 2.45) is 11.8 Å². The van der Waals surface area contributed by atoms with Crippen molar-refractivity contribution in [2.45, 2.75) is 83.3 Å². The van der Waals surface area contributed by atoms with Crippen LogP contribution in [0.3, 0.4) is 0 Å². The number of likely N-dealkylation sites (N-methyl/N-ethyl adjacent to an activating group) is 1. The van der Waals surface area contributed by atoms with Crippen molar-refractivity contribution in [3.05, 3.63) is 46.9 Å². The van der Waals surface area contributed by atoms with E-state index in [9.17, 15) is 28.8 Å². The number of rotatable bonds is 12. The van der Waals surface area contributed by atoms with E-state index in [0.717, 1.165) is 25.7 Å². The Morgan fingerprint density at radius 3 is 2.76 bits per heavy atom. The van der Waals surface area contributed by atoms with E-state index in [2.05, 4.69) is 38.2 Å². The van der Waals surface area contributed by atoms with Crippen LogP contribution in [0.25, 0.3) is 0 Å². The summed E-state index contributed by atoms with van der Waals surface area (Å²) in [5.41, 5.74) is -0.826. The number of hydrogen-bond acceptors (Lipinski definition) is 7. The number of aromatic amines is 1. The van der Waals surface area contributed by atoms with Gasteiger partial charge in [-0.1, -0.05) is 19.8 Å². The summed E-state index contributed by atoms with van der Waals surface area (Å²) in [5, 5.41) is 10.7. The number of nitrogens with zero attached hydrogens (tertiary/aromatic N) is 2. The number of carbonyl (C=O) groups is 5. The minimum Gasteiger partial charge on any atom is -0.350 e. The van der Waals surface area contributed by atoms with Gasteiger partial charge in [0.15, 0.2) is 0 Å². The Morgan fingerprint density at radius 1 is 1.21 bits per heavy atom. The van der Waals surface area contributed by atoms with Crippen LogP contribution >= 0.6 is 0 Å². The van der Waals surface area contributed by atoms with E-state index in [1.165, 1.54) is 42.2 Å². The van der Waals surface area contributed by atoms with Gasteiger partial charge in [0.2, 0.25) is 17.6 Å². The molecular formula is C29H39N7O6. The second kappa shape index (κ2) is 13.6. The molecule has 2 saturated carbocycles. The van der Waals surface area contributed by atoms with Gasteiger partial charge >= 0.3 is 0 Å². The number of pyridine rings is 1. The number of imidazole rings is 1. The molecule has 0 saturated heterocycles. The Morgan fingerprint density at radius 2 is 2.02 bits per heavy atom. The Kier molecular flexibility index (Phi) is 9.92. The molecule has 42 heavy (non-hydrogen) atoms. The molecule has 2 aliphatic carbocycles. The number of fused-ring (bicyclic) bond motifs is 2. The molecule has 0 radical (unpaired) electrons. The standard InChI is InChI=1S/C29H39N7O6/c1-3-31-27(41)23(37)9-8-20(33-26(40)22-15-30-17-32-22)25(39)34-21-7-5-11-36(28(21)42)16-24(38)35-29-10-4-6-19(14-29)12-18(2)13-29/h5,7,11,15,17-20H,3-4,6,8-10,12-14,16H2,1-2H3,(H,30,32)(H,31,41)(H,33,40)(H,34,39)(H,35,38). The molecule has 2 heterocycles. The van der Waals surface area contributed by atoms with Crippen molar-refractivity contribution in [2.75, 3.05) is 11.9 Å². The largest absolute Gasteiger partial charge is 0.350 e. The highest BCUT2D eigenvalue weighted by molar-refractivity contribution is 6.36. The van der Waals surface area contributed by atoms with Gasteiger partial charge in [0.05, 0.1) is 12.5 Å². The van der Waals surface area contributed by atoms with E-state index in [-0.39, 0.29) is 48.8 Å². The third-order valence-corrected chi connectivity index (χ3v) is 8.03. The van der Waals surface area contributed by atoms with Crippen LogP contribution in [0.1, 0.15) is 75.7 Å². The number of carbonyl (C=O) groups excluding carboxylic acids is 5. The average molecular weight is 582 g/mol. The zero-order valence-electron chi connectivity index (χ0n) is 24.0. The van der Waals surface area contributed by atoms with Gasteiger partial charge in [-0.15, -0.1) is 0 Å². The minimum absolute atomic E-state index is 0.0895. The Balaban J connectivity index is 1.43. The third-order valence-electron chi connectivity index (χ3n) is 8.03. The molecule has 2 aromatic heterocycles. The van der Waals surface area contributed by atoms with Crippen molar-refractivity contribution >= 4 is 35.1 Å². The Bertz CT molecular complexity index is 1370. The van der Waals surface area contributed by atoms with Gasteiger partial charge < -0.3 is 30.8 Å². The molecule has 13 nitrogen and oxygen atoms in total. The molecule has 4 rings (SSSR count). The Hall–Kier alpha value is -4.29. The molecule has 2 aromatic rings. The highest BCUT2D eigenvalue weighted by Gasteiger charge is 2.42. The van der Waals surface area contributed by atoms with Gasteiger partial charge in [0, 0.05) is 24.7 Å². The molecule has 4 amide bonds.